The summed E-state index contributed by atoms with van der Waals surface area (Å²) in [6.07, 6.45) is 6.41. The molecular weight excluding hydrogens is 506 g/mol. The lowest BCUT2D eigenvalue weighted by atomic mass is 10.0. The number of hydrogen-bond donors (Lipinski definition) is 1. The number of hydrogen-bond acceptors (Lipinski definition) is 3. The van der Waals surface area contributed by atoms with Crippen molar-refractivity contribution in [1.82, 2.24) is 14.9 Å². The minimum atomic E-state index is 0.0515. The number of fused-ring (bicyclic) bond motifs is 1. The number of amides is 1. The van der Waals surface area contributed by atoms with Gasteiger partial charge in [0.1, 0.15) is 11.6 Å². The second kappa shape index (κ2) is 14.7. The van der Waals surface area contributed by atoms with Crippen LogP contribution in [0.5, 0.6) is 5.75 Å². The summed E-state index contributed by atoms with van der Waals surface area (Å²) in [5.41, 5.74) is 4.57. The zero-order valence-corrected chi connectivity index (χ0v) is 23.9. The summed E-state index contributed by atoms with van der Waals surface area (Å²) in [6, 6.07) is 24.3. The summed E-state index contributed by atoms with van der Waals surface area (Å²) < 4.78 is 8.35. The predicted molar refractivity (Wildman–Crippen MR) is 161 cm³/mol. The van der Waals surface area contributed by atoms with Crippen LogP contribution in [-0.2, 0) is 24.2 Å². The van der Waals surface area contributed by atoms with Gasteiger partial charge in [-0.15, -0.1) is 0 Å². The van der Waals surface area contributed by atoms with Crippen LogP contribution >= 0.6 is 11.6 Å². The predicted octanol–water partition coefficient (Wildman–Crippen LogP) is 7.74. The summed E-state index contributed by atoms with van der Waals surface area (Å²) in [7, 11) is 0. The number of carbonyl (C=O) groups excluding carboxylic acids is 1. The highest BCUT2D eigenvalue weighted by Gasteiger charge is 2.10. The molecule has 6 heteroatoms. The number of para-hydroxylation sites is 2. The SMILES string of the molecule is CC(C)c1ccc(OCCCCn2c(CCCCCNC(=O)Cc3ccc(Cl)cc3)nc3ccccc32)cc1. The van der Waals surface area contributed by atoms with Crippen molar-refractivity contribution in [3.63, 3.8) is 0 Å². The molecule has 1 heterocycles. The maximum Gasteiger partial charge on any atom is 0.224 e. The molecule has 4 aromatic rings. The minimum absolute atomic E-state index is 0.0515. The molecule has 0 saturated carbocycles. The number of rotatable bonds is 15. The molecule has 0 aliphatic rings. The van der Waals surface area contributed by atoms with Crippen LogP contribution in [0.15, 0.2) is 72.8 Å². The van der Waals surface area contributed by atoms with Crippen LogP contribution in [0.25, 0.3) is 11.0 Å². The van der Waals surface area contributed by atoms with Gasteiger partial charge in [-0.2, -0.15) is 0 Å². The second-order valence-electron chi connectivity index (χ2n) is 10.4. The van der Waals surface area contributed by atoms with Crippen molar-refractivity contribution in [3.05, 3.63) is 94.8 Å². The van der Waals surface area contributed by atoms with E-state index in [1.807, 2.05) is 24.3 Å². The first-order chi connectivity index (χ1) is 19.0. The Bertz CT molecular complexity index is 1310. The Morgan fingerprint density at radius 3 is 2.46 bits per heavy atom. The van der Waals surface area contributed by atoms with Crippen molar-refractivity contribution >= 4 is 28.5 Å². The lowest BCUT2D eigenvalue weighted by Gasteiger charge is -2.11. The molecule has 0 radical (unpaired) electrons. The van der Waals surface area contributed by atoms with Crippen LogP contribution in [0.4, 0.5) is 0 Å². The lowest BCUT2D eigenvalue weighted by molar-refractivity contribution is -0.120. The zero-order chi connectivity index (χ0) is 27.5. The Balaban J connectivity index is 1.18. The normalized spacial score (nSPS) is 11.3. The van der Waals surface area contributed by atoms with Gasteiger partial charge in [-0.1, -0.05) is 68.3 Å². The van der Waals surface area contributed by atoms with E-state index in [0.29, 0.717) is 30.5 Å². The Kier molecular flexibility index (Phi) is 10.8. The van der Waals surface area contributed by atoms with Gasteiger partial charge in [0.05, 0.1) is 24.1 Å². The van der Waals surface area contributed by atoms with Crippen LogP contribution < -0.4 is 10.1 Å². The van der Waals surface area contributed by atoms with Gasteiger partial charge in [-0.05, 0) is 79.1 Å². The number of benzene rings is 3. The number of ether oxygens (including phenoxy) is 1. The van der Waals surface area contributed by atoms with E-state index in [1.54, 1.807) is 0 Å². The summed E-state index contributed by atoms with van der Waals surface area (Å²) >= 11 is 5.92. The van der Waals surface area contributed by atoms with E-state index in [-0.39, 0.29) is 5.91 Å². The first-order valence-corrected chi connectivity index (χ1v) is 14.6. The Morgan fingerprint density at radius 1 is 0.923 bits per heavy atom. The summed E-state index contributed by atoms with van der Waals surface area (Å²) in [5.74, 6) is 2.67. The fraction of sp³-hybridized carbons (Fsp3) is 0.394. The van der Waals surface area contributed by atoms with Crippen LogP contribution in [0.1, 0.15) is 68.8 Å². The molecule has 1 N–H and O–H groups in total. The Hall–Kier alpha value is -3.31. The first kappa shape index (κ1) is 28.7. The number of aromatic nitrogens is 2. The molecule has 3 aromatic carbocycles. The van der Waals surface area contributed by atoms with Crippen LogP contribution in [0, 0.1) is 0 Å². The summed E-state index contributed by atoms with van der Waals surface area (Å²) in [5, 5.41) is 3.72. The van der Waals surface area contributed by atoms with E-state index in [1.165, 1.54) is 11.1 Å². The molecule has 0 bridgehead atoms. The molecule has 1 amide bonds. The monoisotopic (exact) mass is 545 g/mol. The number of unbranched alkanes of at least 4 members (excludes halogenated alkanes) is 3. The van der Waals surface area contributed by atoms with Gasteiger partial charge in [-0.3, -0.25) is 4.79 Å². The molecule has 206 valence electrons. The van der Waals surface area contributed by atoms with Gasteiger partial charge < -0.3 is 14.6 Å². The largest absolute Gasteiger partial charge is 0.494 e. The third kappa shape index (κ3) is 8.86. The molecule has 4 rings (SSSR count). The number of halogens is 1. The lowest BCUT2D eigenvalue weighted by Crippen LogP contribution is -2.26. The first-order valence-electron chi connectivity index (χ1n) is 14.2. The van der Waals surface area contributed by atoms with Crippen molar-refractivity contribution in [2.24, 2.45) is 0 Å². The highest BCUT2D eigenvalue weighted by molar-refractivity contribution is 6.30. The van der Waals surface area contributed by atoms with E-state index in [2.05, 4.69) is 72.3 Å². The van der Waals surface area contributed by atoms with Crippen molar-refractivity contribution in [2.75, 3.05) is 13.2 Å². The van der Waals surface area contributed by atoms with Gasteiger partial charge in [-0.25, -0.2) is 4.98 Å². The average molecular weight is 546 g/mol. The van der Waals surface area contributed by atoms with Crippen molar-refractivity contribution in [1.29, 1.82) is 0 Å². The van der Waals surface area contributed by atoms with Crippen LogP contribution in [0.2, 0.25) is 5.02 Å². The van der Waals surface area contributed by atoms with E-state index < -0.39 is 0 Å². The highest BCUT2D eigenvalue weighted by Crippen LogP contribution is 2.20. The molecule has 1 aromatic heterocycles. The second-order valence-corrected chi connectivity index (χ2v) is 10.8. The zero-order valence-electron chi connectivity index (χ0n) is 23.2. The molecular formula is C33H40ClN3O2. The number of carbonyl (C=O) groups is 1. The molecule has 39 heavy (non-hydrogen) atoms. The number of nitrogens with zero attached hydrogens (tertiary/aromatic N) is 2. The average Bonchev–Trinajstić information content (AvgIpc) is 3.29. The molecule has 0 atom stereocenters. The summed E-state index contributed by atoms with van der Waals surface area (Å²) in [4.78, 5) is 17.1. The number of aryl methyl sites for hydroxylation is 2. The fourth-order valence-electron chi connectivity index (χ4n) is 4.74. The van der Waals surface area contributed by atoms with Gasteiger partial charge >= 0.3 is 0 Å². The van der Waals surface area contributed by atoms with Gasteiger partial charge in [0.15, 0.2) is 0 Å². The summed E-state index contributed by atoms with van der Waals surface area (Å²) in [6.45, 7) is 6.76. The Morgan fingerprint density at radius 2 is 1.69 bits per heavy atom. The van der Waals surface area contributed by atoms with E-state index in [9.17, 15) is 4.79 Å². The number of nitrogens with one attached hydrogen (secondary N) is 1. The van der Waals surface area contributed by atoms with E-state index >= 15 is 0 Å². The van der Waals surface area contributed by atoms with Crippen molar-refractivity contribution < 1.29 is 9.53 Å². The van der Waals surface area contributed by atoms with Crippen LogP contribution in [-0.4, -0.2) is 28.6 Å². The molecule has 0 spiro atoms. The van der Waals surface area contributed by atoms with Crippen LogP contribution in [0.3, 0.4) is 0 Å². The van der Waals surface area contributed by atoms with Crippen molar-refractivity contribution in [3.8, 4) is 5.75 Å². The quantitative estimate of drug-likeness (QED) is 0.155. The third-order valence-corrected chi connectivity index (χ3v) is 7.25. The molecule has 5 nitrogen and oxygen atoms in total. The van der Waals surface area contributed by atoms with Gasteiger partial charge in [0.2, 0.25) is 5.91 Å². The maximum atomic E-state index is 12.2. The van der Waals surface area contributed by atoms with E-state index in [0.717, 1.165) is 67.7 Å². The standard InChI is InChI=1S/C33H40ClN3O2/c1-25(2)27-15-19-29(20-16-27)39-23-9-8-22-37-31-11-6-5-10-30(31)36-32(37)12-4-3-7-21-35-33(38)24-26-13-17-28(34)18-14-26/h5-6,10-11,13-20,25H,3-4,7-9,12,21-24H2,1-2H3,(H,35,38). The smallest absolute Gasteiger partial charge is 0.224 e. The topological polar surface area (TPSA) is 56.1 Å². The Labute approximate surface area is 237 Å². The fourth-order valence-corrected chi connectivity index (χ4v) is 4.87. The minimum Gasteiger partial charge on any atom is -0.494 e. The van der Waals surface area contributed by atoms with E-state index in [4.69, 9.17) is 21.3 Å². The maximum absolute atomic E-state index is 12.2. The molecule has 0 fully saturated rings. The molecule has 0 saturated heterocycles. The molecule has 0 unspecified atom stereocenters. The van der Waals surface area contributed by atoms with Gasteiger partial charge in [0, 0.05) is 24.5 Å². The third-order valence-electron chi connectivity index (χ3n) is 7.00. The number of imidazole rings is 1. The van der Waals surface area contributed by atoms with Gasteiger partial charge in [0.25, 0.3) is 0 Å². The molecule has 0 aliphatic heterocycles. The highest BCUT2D eigenvalue weighted by atomic mass is 35.5. The molecule has 0 aliphatic carbocycles. The van der Waals surface area contributed by atoms with Crippen molar-refractivity contribution in [2.45, 2.75) is 71.3 Å².